The van der Waals surface area contributed by atoms with Crippen LogP contribution in [0.3, 0.4) is 0 Å². The summed E-state index contributed by atoms with van der Waals surface area (Å²) >= 11 is 2.21. The number of anilines is 1. The van der Waals surface area contributed by atoms with Crippen molar-refractivity contribution >= 4 is 40.1 Å². The van der Waals surface area contributed by atoms with Crippen molar-refractivity contribution in [3.63, 3.8) is 0 Å². The Morgan fingerprint density at radius 1 is 1.25 bits per heavy atom. The molecule has 24 heavy (non-hydrogen) atoms. The minimum absolute atomic E-state index is 0.177. The number of hydrogen-bond donors (Lipinski definition) is 1. The first-order chi connectivity index (χ1) is 11.3. The Bertz CT molecular complexity index is 749. The van der Waals surface area contributed by atoms with Gasteiger partial charge in [0.05, 0.1) is 28.2 Å². The van der Waals surface area contributed by atoms with Crippen molar-refractivity contribution in [3.05, 3.63) is 27.4 Å². The van der Waals surface area contributed by atoms with Gasteiger partial charge in [-0.3, -0.25) is 19.0 Å². The Morgan fingerprint density at radius 2 is 1.92 bits per heavy atom. The SMILES string of the molecule is CCn1ncc(NC(=O)CCn2ncc(I)c2C)c1C(=O)N(C)C. The normalized spacial score (nSPS) is 10.7. The van der Waals surface area contributed by atoms with Crippen LogP contribution in [0.1, 0.15) is 29.5 Å². The molecule has 0 radical (unpaired) electrons. The van der Waals surface area contributed by atoms with Gasteiger partial charge in [0, 0.05) is 32.8 Å². The molecular weight excluding hydrogens is 423 g/mol. The van der Waals surface area contributed by atoms with Crippen molar-refractivity contribution in [1.29, 1.82) is 0 Å². The van der Waals surface area contributed by atoms with Gasteiger partial charge in [0.2, 0.25) is 5.91 Å². The van der Waals surface area contributed by atoms with Gasteiger partial charge in [-0.15, -0.1) is 0 Å². The average molecular weight is 444 g/mol. The number of aromatic nitrogens is 4. The van der Waals surface area contributed by atoms with E-state index in [1.54, 1.807) is 29.7 Å². The van der Waals surface area contributed by atoms with Gasteiger partial charge in [-0.1, -0.05) is 0 Å². The standard InChI is InChI=1S/C15H21IN6O2/c1-5-21-14(15(24)20(3)4)12(9-18-21)19-13(23)6-7-22-10(2)11(16)8-17-22/h8-9H,5-7H2,1-4H3,(H,19,23). The van der Waals surface area contributed by atoms with E-state index in [1.165, 1.54) is 11.1 Å². The summed E-state index contributed by atoms with van der Waals surface area (Å²) in [4.78, 5) is 26.0. The second-order valence-electron chi connectivity index (χ2n) is 5.52. The highest BCUT2D eigenvalue weighted by Gasteiger charge is 2.21. The third kappa shape index (κ3) is 3.94. The first kappa shape index (κ1) is 18.4. The van der Waals surface area contributed by atoms with Crippen molar-refractivity contribution in [1.82, 2.24) is 24.5 Å². The second kappa shape index (κ2) is 7.77. The third-order valence-electron chi connectivity index (χ3n) is 3.62. The van der Waals surface area contributed by atoms with Crippen LogP contribution in [0.15, 0.2) is 12.4 Å². The lowest BCUT2D eigenvalue weighted by Crippen LogP contribution is -2.26. The first-order valence-electron chi connectivity index (χ1n) is 7.60. The molecule has 2 amide bonds. The maximum absolute atomic E-state index is 12.3. The molecule has 2 rings (SSSR count). The predicted molar refractivity (Wildman–Crippen MR) is 98.8 cm³/mol. The van der Waals surface area contributed by atoms with Crippen LogP contribution in [-0.4, -0.2) is 50.4 Å². The molecule has 1 N–H and O–H groups in total. The van der Waals surface area contributed by atoms with Crippen LogP contribution < -0.4 is 5.32 Å². The van der Waals surface area contributed by atoms with Gasteiger partial charge in [-0.25, -0.2) is 0 Å². The zero-order valence-corrected chi connectivity index (χ0v) is 16.4. The van der Waals surface area contributed by atoms with Crippen molar-refractivity contribution in [2.75, 3.05) is 19.4 Å². The molecular formula is C15H21IN6O2. The fourth-order valence-electron chi connectivity index (χ4n) is 2.22. The molecule has 0 spiro atoms. The smallest absolute Gasteiger partial charge is 0.273 e. The zero-order chi connectivity index (χ0) is 17.9. The average Bonchev–Trinajstić information content (AvgIpc) is 3.09. The van der Waals surface area contributed by atoms with Crippen molar-refractivity contribution < 1.29 is 9.59 Å². The number of halogens is 1. The number of carbonyl (C=O) groups excluding carboxylic acids is 2. The van der Waals surface area contributed by atoms with E-state index < -0.39 is 0 Å². The van der Waals surface area contributed by atoms with E-state index in [9.17, 15) is 9.59 Å². The van der Waals surface area contributed by atoms with Gasteiger partial charge in [-0.2, -0.15) is 10.2 Å². The molecule has 0 aliphatic heterocycles. The summed E-state index contributed by atoms with van der Waals surface area (Å²) in [6.45, 7) is 4.90. The van der Waals surface area contributed by atoms with Crippen LogP contribution in [0.2, 0.25) is 0 Å². The highest BCUT2D eigenvalue weighted by atomic mass is 127. The van der Waals surface area contributed by atoms with Gasteiger partial charge >= 0.3 is 0 Å². The third-order valence-corrected chi connectivity index (χ3v) is 4.67. The molecule has 2 aromatic rings. The summed E-state index contributed by atoms with van der Waals surface area (Å²) in [5.74, 6) is -0.370. The topological polar surface area (TPSA) is 85.0 Å². The minimum atomic E-state index is -0.192. The number of hydrogen-bond acceptors (Lipinski definition) is 4. The van der Waals surface area contributed by atoms with Crippen LogP contribution in [0.4, 0.5) is 5.69 Å². The van der Waals surface area contributed by atoms with E-state index in [4.69, 9.17) is 0 Å². The van der Waals surface area contributed by atoms with Crippen LogP contribution >= 0.6 is 22.6 Å². The Morgan fingerprint density at radius 3 is 2.46 bits per heavy atom. The van der Waals surface area contributed by atoms with Crippen LogP contribution in [0.5, 0.6) is 0 Å². The summed E-state index contributed by atoms with van der Waals surface area (Å²) in [5, 5.41) is 11.2. The van der Waals surface area contributed by atoms with E-state index in [1.807, 2.05) is 13.8 Å². The molecule has 0 aromatic carbocycles. The molecule has 9 heteroatoms. The monoisotopic (exact) mass is 444 g/mol. The van der Waals surface area contributed by atoms with E-state index >= 15 is 0 Å². The van der Waals surface area contributed by atoms with E-state index in [-0.39, 0.29) is 18.2 Å². The van der Waals surface area contributed by atoms with Gasteiger partial charge < -0.3 is 10.2 Å². The molecule has 130 valence electrons. The lowest BCUT2D eigenvalue weighted by molar-refractivity contribution is -0.116. The number of nitrogens with zero attached hydrogens (tertiary/aromatic N) is 5. The summed E-state index contributed by atoms with van der Waals surface area (Å²) < 4.78 is 4.44. The molecule has 0 unspecified atom stereocenters. The van der Waals surface area contributed by atoms with Crippen LogP contribution in [-0.2, 0) is 17.9 Å². The fraction of sp³-hybridized carbons (Fsp3) is 0.467. The largest absolute Gasteiger partial charge is 0.343 e. The molecule has 0 fully saturated rings. The first-order valence-corrected chi connectivity index (χ1v) is 8.68. The molecule has 0 aliphatic rings. The fourth-order valence-corrected chi connectivity index (χ4v) is 2.63. The van der Waals surface area contributed by atoms with Gasteiger partial charge in [0.25, 0.3) is 5.91 Å². The number of carbonyl (C=O) groups is 2. The molecule has 0 aliphatic carbocycles. The number of amides is 2. The van der Waals surface area contributed by atoms with E-state index in [0.29, 0.717) is 24.5 Å². The highest BCUT2D eigenvalue weighted by molar-refractivity contribution is 14.1. The molecule has 2 heterocycles. The highest BCUT2D eigenvalue weighted by Crippen LogP contribution is 2.17. The maximum atomic E-state index is 12.3. The summed E-state index contributed by atoms with van der Waals surface area (Å²) in [5.41, 5.74) is 1.86. The van der Waals surface area contributed by atoms with Crippen molar-refractivity contribution in [2.45, 2.75) is 33.4 Å². The van der Waals surface area contributed by atoms with E-state index in [2.05, 4.69) is 38.1 Å². The molecule has 0 saturated carbocycles. The number of aryl methyl sites for hydroxylation is 2. The number of nitrogens with one attached hydrogen (secondary N) is 1. The predicted octanol–water partition coefficient (Wildman–Crippen LogP) is 1.74. The Labute approximate surface area is 154 Å². The molecule has 0 atom stereocenters. The summed E-state index contributed by atoms with van der Waals surface area (Å²) in [6, 6.07) is 0. The van der Waals surface area contributed by atoms with Gasteiger partial charge in [0.15, 0.2) is 0 Å². The van der Waals surface area contributed by atoms with Crippen LogP contribution in [0.25, 0.3) is 0 Å². The van der Waals surface area contributed by atoms with Gasteiger partial charge in [0.1, 0.15) is 5.69 Å². The molecule has 0 bridgehead atoms. The maximum Gasteiger partial charge on any atom is 0.273 e. The Balaban J connectivity index is 2.07. The lowest BCUT2D eigenvalue weighted by Gasteiger charge is -2.13. The summed E-state index contributed by atoms with van der Waals surface area (Å²) in [6.07, 6.45) is 3.55. The van der Waals surface area contributed by atoms with Crippen molar-refractivity contribution in [3.8, 4) is 0 Å². The molecule has 0 saturated heterocycles. The van der Waals surface area contributed by atoms with Crippen LogP contribution in [0, 0.1) is 10.5 Å². The Kier molecular flexibility index (Phi) is 5.97. The zero-order valence-electron chi connectivity index (χ0n) is 14.2. The lowest BCUT2D eigenvalue weighted by atomic mass is 10.3. The minimum Gasteiger partial charge on any atom is -0.343 e. The quantitative estimate of drug-likeness (QED) is 0.689. The number of rotatable bonds is 6. The van der Waals surface area contributed by atoms with Gasteiger partial charge in [-0.05, 0) is 36.4 Å². The Hall–Kier alpha value is -1.91. The van der Waals surface area contributed by atoms with E-state index in [0.717, 1.165) is 9.26 Å². The second-order valence-corrected chi connectivity index (χ2v) is 6.68. The van der Waals surface area contributed by atoms with Crippen molar-refractivity contribution in [2.24, 2.45) is 0 Å². The summed E-state index contributed by atoms with van der Waals surface area (Å²) in [7, 11) is 3.34. The molecule has 2 aromatic heterocycles. The molecule has 8 nitrogen and oxygen atoms in total.